The van der Waals surface area contributed by atoms with Gasteiger partial charge in [-0.25, -0.2) is 4.79 Å². The van der Waals surface area contributed by atoms with Gasteiger partial charge in [-0.1, -0.05) is 12.1 Å². The van der Waals surface area contributed by atoms with Gasteiger partial charge in [0.2, 0.25) is 5.91 Å². The summed E-state index contributed by atoms with van der Waals surface area (Å²) in [4.78, 5) is 26.3. The van der Waals surface area contributed by atoms with Crippen molar-refractivity contribution in [1.29, 1.82) is 0 Å². The normalized spacial score (nSPS) is 12.7. The summed E-state index contributed by atoms with van der Waals surface area (Å²) in [6.45, 7) is 0.639. The van der Waals surface area contributed by atoms with Crippen LogP contribution in [-0.4, -0.2) is 30.1 Å². The molecule has 1 aromatic heterocycles. The fraction of sp³-hybridized carbons (Fsp3) is 0.182. The summed E-state index contributed by atoms with van der Waals surface area (Å²) in [5, 5.41) is 0. The Kier molecular flexibility index (Phi) is 4.50. The third-order valence-electron chi connectivity index (χ3n) is 4.89. The molecule has 2 aromatic carbocycles. The van der Waals surface area contributed by atoms with E-state index in [1.54, 1.807) is 11.0 Å². The predicted octanol–water partition coefficient (Wildman–Crippen LogP) is 3.40. The van der Waals surface area contributed by atoms with E-state index in [9.17, 15) is 9.59 Å². The maximum absolute atomic E-state index is 12.8. The second-order valence-corrected chi connectivity index (χ2v) is 6.56. The number of ether oxygens (including phenoxy) is 1. The van der Waals surface area contributed by atoms with Gasteiger partial charge < -0.3 is 14.2 Å². The average Bonchev–Trinajstić information content (AvgIpc) is 3.37. The first kappa shape index (κ1) is 17.1. The van der Waals surface area contributed by atoms with Crippen LogP contribution < -0.4 is 4.90 Å². The van der Waals surface area contributed by atoms with Crippen LogP contribution in [0.25, 0.3) is 5.69 Å². The van der Waals surface area contributed by atoms with Gasteiger partial charge in [0.25, 0.3) is 0 Å². The van der Waals surface area contributed by atoms with E-state index in [1.807, 2.05) is 65.5 Å². The van der Waals surface area contributed by atoms with Gasteiger partial charge in [-0.15, -0.1) is 0 Å². The molecule has 4 rings (SSSR count). The Morgan fingerprint density at radius 2 is 1.78 bits per heavy atom. The number of aromatic nitrogens is 1. The van der Waals surface area contributed by atoms with Gasteiger partial charge in [0.15, 0.2) is 0 Å². The Morgan fingerprint density at radius 3 is 2.48 bits per heavy atom. The van der Waals surface area contributed by atoms with Gasteiger partial charge >= 0.3 is 5.97 Å². The van der Waals surface area contributed by atoms with Crippen LogP contribution in [0.4, 0.5) is 5.69 Å². The molecule has 0 saturated heterocycles. The Hall–Kier alpha value is -3.34. The molecule has 1 aliphatic heterocycles. The smallest absolute Gasteiger partial charge is 0.337 e. The number of esters is 1. The standard InChI is InChI=1S/C22H20N2O3/c1-27-22(26)18-6-9-20-17(15-18)10-13-24(20)21(25)14-16-4-7-19(8-5-16)23-11-2-3-12-23/h2-9,11-12,15H,10,13-14H2,1H3. The highest BCUT2D eigenvalue weighted by atomic mass is 16.5. The monoisotopic (exact) mass is 360 g/mol. The number of hydrogen-bond acceptors (Lipinski definition) is 3. The molecule has 0 spiro atoms. The predicted molar refractivity (Wildman–Crippen MR) is 103 cm³/mol. The van der Waals surface area contributed by atoms with E-state index >= 15 is 0 Å². The number of rotatable bonds is 4. The lowest BCUT2D eigenvalue weighted by molar-refractivity contribution is -0.117. The van der Waals surface area contributed by atoms with Gasteiger partial charge in [-0.05, 0) is 60.0 Å². The Bertz CT molecular complexity index is 975. The fourth-order valence-electron chi connectivity index (χ4n) is 3.47. The molecule has 27 heavy (non-hydrogen) atoms. The molecule has 3 aromatic rings. The molecule has 0 bridgehead atoms. The maximum Gasteiger partial charge on any atom is 0.337 e. The lowest BCUT2D eigenvalue weighted by atomic mass is 10.1. The minimum atomic E-state index is -0.356. The molecule has 1 amide bonds. The lowest BCUT2D eigenvalue weighted by Crippen LogP contribution is -2.30. The number of hydrogen-bond donors (Lipinski definition) is 0. The number of anilines is 1. The molecule has 5 heteroatoms. The van der Waals surface area contributed by atoms with Crippen molar-refractivity contribution in [3.05, 3.63) is 83.7 Å². The number of nitrogens with zero attached hydrogens (tertiary/aromatic N) is 2. The van der Waals surface area contributed by atoms with Crippen molar-refractivity contribution in [2.24, 2.45) is 0 Å². The minimum absolute atomic E-state index is 0.0632. The molecule has 0 aliphatic carbocycles. The SMILES string of the molecule is COC(=O)c1ccc2c(c1)CCN2C(=O)Cc1ccc(-n2cccc2)cc1. The number of amides is 1. The van der Waals surface area contributed by atoms with Crippen LogP contribution in [-0.2, 0) is 22.4 Å². The van der Waals surface area contributed by atoms with Crippen LogP contribution in [0.15, 0.2) is 67.0 Å². The molecular formula is C22H20N2O3. The summed E-state index contributed by atoms with van der Waals surface area (Å²) in [7, 11) is 1.37. The van der Waals surface area contributed by atoms with E-state index in [1.165, 1.54) is 7.11 Å². The molecule has 0 fully saturated rings. The van der Waals surface area contributed by atoms with Crippen LogP contribution in [0.5, 0.6) is 0 Å². The number of fused-ring (bicyclic) bond motifs is 1. The van der Waals surface area contributed by atoms with Gasteiger partial charge in [0.05, 0.1) is 19.1 Å². The van der Waals surface area contributed by atoms with E-state index in [2.05, 4.69) is 0 Å². The van der Waals surface area contributed by atoms with Gasteiger partial charge in [-0.2, -0.15) is 0 Å². The third-order valence-corrected chi connectivity index (χ3v) is 4.89. The molecular weight excluding hydrogens is 340 g/mol. The first-order valence-electron chi connectivity index (χ1n) is 8.89. The fourth-order valence-corrected chi connectivity index (χ4v) is 3.47. The highest BCUT2D eigenvalue weighted by Gasteiger charge is 2.25. The molecule has 0 saturated carbocycles. The molecule has 136 valence electrons. The van der Waals surface area contributed by atoms with E-state index in [4.69, 9.17) is 4.74 Å². The largest absolute Gasteiger partial charge is 0.465 e. The van der Waals surface area contributed by atoms with Crippen molar-refractivity contribution in [3.8, 4) is 5.69 Å². The Balaban J connectivity index is 1.48. The molecule has 0 atom stereocenters. The highest BCUT2D eigenvalue weighted by Crippen LogP contribution is 2.29. The van der Waals surface area contributed by atoms with Crippen LogP contribution in [0.1, 0.15) is 21.5 Å². The number of methoxy groups -OCH3 is 1. The van der Waals surface area contributed by atoms with Gasteiger partial charge in [0.1, 0.15) is 0 Å². The first-order valence-corrected chi connectivity index (χ1v) is 8.89. The molecule has 0 unspecified atom stereocenters. The number of benzene rings is 2. The van der Waals surface area contributed by atoms with E-state index in [0.717, 1.165) is 28.9 Å². The maximum atomic E-state index is 12.8. The van der Waals surface area contributed by atoms with Crippen molar-refractivity contribution >= 4 is 17.6 Å². The second-order valence-electron chi connectivity index (χ2n) is 6.56. The van der Waals surface area contributed by atoms with Gasteiger partial charge in [0, 0.05) is 30.3 Å². The Morgan fingerprint density at radius 1 is 1.04 bits per heavy atom. The average molecular weight is 360 g/mol. The zero-order valence-electron chi connectivity index (χ0n) is 15.1. The van der Waals surface area contributed by atoms with Crippen LogP contribution >= 0.6 is 0 Å². The first-order chi connectivity index (χ1) is 13.2. The molecule has 0 N–H and O–H groups in total. The lowest BCUT2D eigenvalue weighted by Gasteiger charge is -2.18. The van der Waals surface area contributed by atoms with Gasteiger partial charge in [-0.3, -0.25) is 4.79 Å². The van der Waals surface area contributed by atoms with Crippen LogP contribution in [0.2, 0.25) is 0 Å². The molecule has 0 radical (unpaired) electrons. The number of carbonyl (C=O) groups is 2. The zero-order chi connectivity index (χ0) is 18.8. The minimum Gasteiger partial charge on any atom is -0.465 e. The highest BCUT2D eigenvalue weighted by molar-refractivity contribution is 5.98. The summed E-state index contributed by atoms with van der Waals surface area (Å²) < 4.78 is 6.79. The topological polar surface area (TPSA) is 51.5 Å². The van der Waals surface area contributed by atoms with Crippen LogP contribution in [0, 0.1) is 0 Å². The van der Waals surface area contributed by atoms with Crippen molar-refractivity contribution in [3.63, 3.8) is 0 Å². The van der Waals surface area contributed by atoms with Crippen molar-refractivity contribution < 1.29 is 14.3 Å². The van der Waals surface area contributed by atoms with E-state index in [-0.39, 0.29) is 11.9 Å². The molecule has 5 nitrogen and oxygen atoms in total. The Labute approximate surface area is 157 Å². The quantitative estimate of drug-likeness (QED) is 0.670. The van der Waals surface area contributed by atoms with Crippen molar-refractivity contribution in [2.75, 3.05) is 18.6 Å². The summed E-state index contributed by atoms with van der Waals surface area (Å²) >= 11 is 0. The molecule has 2 heterocycles. The summed E-state index contributed by atoms with van der Waals surface area (Å²) in [5.41, 5.74) is 4.46. The van der Waals surface area contributed by atoms with E-state index < -0.39 is 0 Å². The summed E-state index contributed by atoms with van der Waals surface area (Å²) in [6.07, 6.45) is 5.08. The molecule has 1 aliphatic rings. The second kappa shape index (κ2) is 7.11. The van der Waals surface area contributed by atoms with Crippen molar-refractivity contribution in [2.45, 2.75) is 12.8 Å². The third kappa shape index (κ3) is 3.36. The number of carbonyl (C=O) groups excluding carboxylic acids is 2. The summed E-state index contributed by atoms with van der Waals surface area (Å²) in [5.74, 6) is -0.293. The van der Waals surface area contributed by atoms with E-state index in [0.29, 0.717) is 18.5 Å². The zero-order valence-corrected chi connectivity index (χ0v) is 15.1. The van der Waals surface area contributed by atoms with Crippen LogP contribution in [0.3, 0.4) is 0 Å². The summed E-state index contributed by atoms with van der Waals surface area (Å²) in [6, 6.07) is 17.3. The van der Waals surface area contributed by atoms with Crippen molar-refractivity contribution in [1.82, 2.24) is 4.57 Å².